The summed E-state index contributed by atoms with van der Waals surface area (Å²) in [5.41, 5.74) is 4.02. The molecule has 3 heteroatoms. The van der Waals surface area contributed by atoms with Crippen LogP contribution in [0.15, 0.2) is 78.9 Å². The van der Waals surface area contributed by atoms with E-state index in [1.807, 2.05) is 12.1 Å². The van der Waals surface area contributed by atoms with Crippen LogP contribution in [0.3, 0.4) is 0 Å². The van der Waals surface area contributed by atoms with Gasteiger partial charge in [-0.2, -0.15) is 0 Å². The molecule has 0 aromatic heterocycles. The maximum atomic E-state index is 5.82. The molecule has 0 spiro atoms. The molecule has 0 aliphatic heterocycles. The zero-order valence-electron chi connectivity index (χ0n) is 18.5. The summed E-state index contributed by atoms with van der Waals surface area (Å²) in [6.45, 7) is 7.43. The first-order valence-electron chi connectivity index (χ1n) is 10.9. The molecule has 0 aliphatic carbocycles. The van der Waals surface area contributed by atoms with Gasteiger partial charge in [0.25, 0.3) is 0 Å². The van der Waals surface area contributed by atoms with E-state index in [-0.39, 0.29) is 6.10 Å². The average Bonchev–Trinajstić information content (AvgIpc) is 2.77. The van der Waals surface area contributed by atoms with Gasteiger partial charge in [-0.05, 0) is 68.3 Å². The Morgan fingerprint density at radius 3 is 1.87 bits per heavy atom. The van der Waals surface area contributed by atoms with Gasteiger partial charge < -0.3 is 14.8 Å². The lowest BCUT2D eigenvalue weighted by Crippen LogP contribution is -2.84. The van der Waals surface area contributed by atoms with E-state index in [0.29, 0.717) is 12.0 Å². The number of quaternary nitrogens is 1. The first-order valence-corrected chi connectivity index (χ1v) is 10.9. The lowest BCUT2D eigenvalue weighted by Gasteiger charge is -2.20. The number of nitrogens with two attached hydrogens (primary N) is 1. The van der Waals surface area contributed by atoms with Gasteiger partial charge in [-0.3, -0.25) is 0 Å². The van der Waals surface area contributed by atoms with Crippen LogP contribution in [-0.4, -0.2) is 19.8 Å². The molecule has 0 fully saturated rings. The van der Waals surface area contributed by atoms with Gasteiger partial charge in [0.05, 0.1) is 19.8 Å². The fourth-order valence-corrected chi connectivity index (χ4v) is 3.82. The molecule has 3 aromatic carbocycles. The van der Waals surface area contributed by atoms with Gasteiger partial charge in [-0.1, -0.05) is 42.5 Å². The van der Waals surface area contributed by atoms with Crippen molar-refractivity contribution in [3.63, 3.8) is 0 Å². The van der Waals surface area contributed by atoms with E-state index >= 15 is 0 Å². The van der Waals surface area contributed by atoms with Crippen LogP contribution in [0.2, 0.25) is 0 Å². The molecule has 2 atom stereocenters. The summed E-state index contributed by atoms with van der Waals surface area (Å²) in [6, 6.07) is 28.2. The van der Waals surface area contributed by atoms with E-state index in [1.165, 1.54) is 16.7 Å². The summed E-state index contributed by atoms with van der Waals surface area (Å²) < 4.78 is 11.1. The highest BCUT2D eigenvalue weighted by atomic mass is 16.5. The molecule has 30 heavy (non-hydrogen) atoms. The predicted molar refractivity (Wildman–Crippen MR) is 123 cm³/mol. The minimum absolute atomic E-state index is 0.190. The third-order valence-electron chi connectivity index (χ3n) is 5.47. The number of ether oxygens (including phenoxy) is 2. The molecule has 0 amide bonds. The van der Waals surface area contributed by atoms with Crippen LogP contribution < -0.4 is 14.8 Å². The van der Waals surface area contributed by atoms with Gasteiger partial charge in [0, 0.05) is 17.9 Å². The Morgan fingerprint density at radius 1 is 0.700 bits per heavy atom. The summed E-state index contributed by atoms with van der Waals surface area (Å²) in [5, 5.41) is 2.42. The molecular weight excluding hydrogens is 370 g/mol. The van der Waals surface area contributed by atoms with E-state index in [4.69, 9.17) is 9.47 Å². The Kier molecular flexibility index (Phi) is 7.92. The molecule has 2 N–H and O–H groups in total. The lowest BCUT2D eigenvalue weighted by atomic mass is 9.88. The minimum Gasteiger partial charge on any atom is -0.497 e. The molecule has 0 saturated carbocycles. The fraction of sp³-hybridized carbons (Fsp3) is 0.333. The number of hydrogen-bond acceptors (Lipinski definition) is 2. The van der Waals surface area contributed by atoms with Gasteiger partial charge in [-0.15, -0.1) is 0 Å². The topological polar surface area (TPSA) is 35.1 Å². The van der Waals surface area contributed by atoms with Gasteiger partial charge in [0.1, 0.15) is 17.5 Å². The minimum atomic E-state index is 0.190. The zero-order valence-corrected chi connectivity index (χ0v) is 18.5. The van der Waals surface area contributed by atoms with Crippen LogP contribution in [0.25, 0.3) is 0 Å². The number of hydrogen-bond donors (Lipinski definition) is 1. The first-order chi connectivity index (χ1) is 14.6. The average molecular weight is 405 g/mol. The van der Waals surface area contributed by atoms with Gasteiger partial charge in [0.15, 0.2) is 0 Å². The Labute approximate surface area is 181 Å². The van der Waals surface area contributed by atoms with Crippen molar-refractivity contribution in [3.05, 3.63) is 95.6 Å². The van der Waals surface area contributed by atoms with Crippen molar-refractivity contribution in [1.29, 1.82) is 0 Å². The molecule has 0 heterocycles. The summed E-state index contributed by atoms with van der Waals surface area (Å²) in [6.07, 6.45) is 1.27. The van der Waals surface area contributed by atoms with E-state index in [0.717, 1.165) is 24.5 Å². The molecule has 3 rings (SSSR count). The quantitative estimate of drug-likeness (QED) is 0.496. The van der Waals surface area contributed by atoms with E-state index in [1.54, 1.807) is 7.11 Å². The third-order valence-corrected chi connectivity index (χ3v) is 5.47. The summed E-state index contributed by atoms with van der Waals surface area (Å²) in [5.74, 6) is 2.21. The number of benzene rings is 3. The standard InChI is InChI=1S/C27H33NO2/c1-20(2)30-26-16-12-24(13-17-26)27(23-8-6-5-7-9-23)18-19-28-21(3)22-10-14-25(29-4)15-11-22/h5-17,20-21,27-28H,18-19H2,1-4H3/p+1/t21-,27+/m1/s1. The van der Waals surface area contributed by atoms with Gasteiger partial charge >= 0.3 is 0 Å². The predicted octanol–water partition coefficient (Wildman–Crippen LogP) is 5.33. The summed E-state index contributed by atoms with van der Waals surface area (Å²) in [4.78, 5) is 0. The molecular formula is C27H34NO2+. The lowest BCUT2D eigenvalue weighted by molar-refractivity contribution is -0.693. The maximum absolute atomic E-state index is 5.82. The van der Waals surface area contributed by atoms with Gasteiger partial charge in [-0.25, -0.2) is 0 Å². The number of methoxy groups -OCH3 is 1. The summed E-state index contributed by atoms with van der Waals surface area (Å²) >= 11 is 0. The smallest absolute Gasteiger partial charge is 0.119 e. The molecule has 0 aliphatic rings. The highest BCUT2D eigenvalue weighted by Crippen LogP contribution is 2.29. The molecule has 158 valence electrons. The molecule has 3 nitrogen and oxygen atoms in total. The van der Waals surface area contributed by atoms with Crippen LogP contribution in [0.5, 0.6) is 11.5 Å². The van der Waals surface area contributed by atoms with Crippen molar-refractivity contribution in [2.24, 2.45) is 0 Å². The van der Waals surface area contributed by atoms with Crippen molar-refractivity contribution in [3.8, 4) is 11.5 Å². The second-order valence-electron chi connectivity index (χ2n) is 8.07. The van der Waals surface area contributed by atoms with Crippen LogP contribution in [0, 0.1) is 0 Å². The number of rotatable bonds is 10. The zero-order chi connectivity index (χ0) is 21.3. The Hall–Kier alpha value is -2.78. The Morgan fingerprint density at radius 2 is 1.27 bits per heavy atom. The normalized spacial score (nSPS) is 13.1. The molecule has 0 bridgehead atoms. The monoisotopic (exact) mass is 404 g/mol. The fourth-order valence-electron chi connectivity index (χ4n) is 3.82. The van der Waals surface area contributed by atoms with E-state index < -0.39 is 0 Å². The first kappa shape index (κ1) is 21.9. The Bertz CT molecular complexity index is 873. The van der Waals surface area contributed by atoms with E-state index in [9.17, 15) is 0 Å². The maximum Gasteiger partial charge on any atom is 0.119 e. The van der Waals surface area contributed by atoms with Crippen LogP contribution in [0.1, 0.15) is 55.8 Å². The molecule has 3 aromatic rings. The van der Waals surface area contributed by atoms with Crippen molar-refractivity contribution in [2.75, 3.05) is 13.7 Å². The highest BCUT2D eigenvalue weighted by Gasteiger charge is 2.17. The second-order valence-corrected chi connectivity index (χ2v) is 8.07. The Balaban J connectivity index is 1.67. The molecule has 0 saturated heterocycles. The van der Waals surface area contributed by atoms with Crippen molar-refractivity contribution >= 4 is 0 Å². The van der Waals surface area contributed by atoms with Crippen LogP contribution in [-0.2, 0) is 0 Å². The van der Waals surface area contributed by atoms with Gasteiger partial charge in [0.2, 0.25) is 0 Å². The van der Waals surface area contributed by atoms with Crippen molar-refractivity contribution < 1.29 is 14.8 Å². The molecule has 0 radical (unpaired) electrons. The van der Waals surface area contributed by atoms with Crippen LogP contribution >= 0.6 is 0 Å². The van der Waals surface area contributed by atoms with Crippen molar-refractivity contribution in [2.45, 2.75) is 45.3 Å². The highest BCUT2D eigenvalue weighted by molar-refractivity contribution is 5.36. The third kappa shape index (κ3) is 6.11. The summed E-state index contributed by atoms with van der Waals surface area (Å²) in [7, 11) is 1.70. The molecule has 0 unspecified atom stereocenters. The second kappa shape index (κ2) is 10.8. The SMILES string of the molecule is COc1ccc([C@@H](C)[NH2+]CC[C@@H](c2ccccc2)c2ccc(OC(C)C)cc2)cc1. The van der Waals surface area contributed by atoms with E-state index in [2.05, 4.69) is 92.8 Å². The largest absolute Gasteiger partial charge is 0.497 e. The van der Waals surface area contributed by atoms with Crippen molar-refractivity contribution in [1.82, 2.24) is 0 Å². The van der Waals surface area contributed by atoms with Crippen LogP contribution in [0.4, 0.5) is 0 Å².